The smallest absolute Gasteiger partial charge is 0.261 e. The van der Waals surface area contributed by atoms with Gasteiger partial charge in [0.15, 0.2) is 0 Å². The first-order chi connectivity index (χ1) is 16.5. The van der Waals surface area contributed by atoms with Crippen molar-refractivity contribution in [1.82, 2.24) is 24.5 Å². The molecule has 0 aliphatic heterocycles. The van der Waals surface area contributed by atoms with E-state index in [9.17, 15) is 4.79 Å². The lowest BCUT2D eigenvalue weighted by atomic mass is 9.95. The molecule has 0 amide bonds. The molecule has 0 aliphatic rings. The number of hydrogen-bond donors (Lipinski definition) is 0. The highest BCUT2D eigenvalue weighted by atomic mass is 32.1. The Morgan fingerprint density at radius 1 is 0.971 bits per heavy atom. The predicted octanol–water partition coefficient (Wildman–Crippen LogP) is 5.56. The Balaban J connectivity index is 1.76. The van der Waals surface area contributed by atoms with E-state index in [4.69, 9.17) is 9.72 Å². The van der Waals surface area contributed by atoms with Crippen LogP contribution in [0.3, 0.4) is 0 Å². The molecule has 0 radical (unpaired) electrons. The maximum atomic E-state index is 13.5. The summed E-state index contributed by atoms with van der Waals surface area (Å²) in [4.78, 5) is 31.9. The van der Waals surface area contributed by atoms with E-state index in [1.165, 1.54) is 0 Å². The van der Waals surface area contributed by atoms with Gasteiger partial charge in [-0.1, -0.05) is 20.8 Å². The van der Waals surface area contributed by atoms with Crippen molar-refractivity contribution < 1.29 is 4.74 Å². The van der Waals surface area contributed by atoms with Gasteiger partial charge >= 0.3 is 0 Å². The molecule has 8 heteroatoms. The minimum absolute atomic E-state index is 0.121. The van der Waals surface area contributed by atoms with Crippen LogP contribution < -0.4 is 10.3 Å². The monoisotopic (exact) mass is 489 g/mol. The van der Waals surface area contributed by atoms with Gasteiger partial charge in [0, 0.05) is 34.9 Å². The molecule has 0 saturated heterocycles. The van der Waals surface area contributed by atoms with E-state index < -0.39 is 0 Å². The lowest BCUT2D eigenvalue weighted by molar-refractivity contribution is 0.298. The van der Waals surface area contributed by atoms with Crippen LogP contribution >= 0.6 is 11.3 Å². The molecule has 4 rings (SSSR count). The minimum Gasteiger partial charge on any atom is -0.487 e. The number of nitrogens with zero attached hydrogens (tertiary/aromatic N) is 5. The van der Waals surface area contributed by atoms with Crippen molar-refractivity contribution in [3.8, 4) is 22.8 Å². The van der Waals surface area contributed by atoms with Gasteiger partial charge in [-0.3, -0.25) is 14.3 Å². The molecule has 35 heavy (non-hydrogen) atoms. The SMILES string of the molecule is Cc1nc(COc2cc(C)n(-c3cc(-c4nc(C(C)(C)C)ncc4C)ncc3C)c(=O)c2C)cs1. The van der Waals surface area contributed by atoms with E-state index in [1.807, 2.05) is 51.4 Å². The Morgan fingerprint density at radius 3 is 2.34 bits per heavy atom. The molecule has 4 aromatic rings. The van der Waals surface area contributed by atoms with Gasteiger partial charge in [0.2, 0.25) is 0 Å². The number of hydrogen-bond acceptors (Lipinski definition) is 7. The summed E-state index contributed by atoms with van der Waals surface area (Å²) in [5.41, 5.74) is 5.96. The summed E-state index contributed by atoms with van der Waals surface area (Å²) in [5, 5.41) is 2.96. The second-order valence-electron chi connectivity index (χ2n) is 9.89. The molecule has 182 valence electrons. The average Bonchev–Trinajstić information content (AvgIpc) is 3.21. The van der Waals surface area contributed by atoms with Crippen LogP contribution in [0.4, 0.5) is 0 Å². The Bertz CT molecular complexity index is 1460. The molecule has 0 N–H and O–H groups in total. The highest BCUT2D eigenvalue weighted by Crippen LogP contribution is 2.27. The van der Waals surface area contributed by atoms with Crippen LogP contribution in [0.25, 0.3) is 17.1 Å². The second kappa shape index (κ2) is 9.34. The van der Waals surface area contributed by atoms with Gasteiger partial charge in [0.25, 0.3) is 5.56 Å². The van der Waals surface area contributed by atoms with Gasteiger partial charge in [-0.15, -0.1) is 11.3 Å². The summed E-state index contributed by atoms with van der Waals surface area (Å²) >= 11 is 1.58. The number of aromatic nitrogens is 5. The van der Waals surface area contributed by atoms with Crippen LogP contribution in [-0.4, -0.2) is 24.5 Å². The van der Waals surface area contributed by atoms with E-state index in [2.05, 4.69) is 35.7 Å². The summed E-state index contributed by atoms with van der Waals surface area (Å²) in [6, 6.07) is 3.84. The van der Waals surface area contributed by atoms with Crippen molar-refractivity contribution >= 4 is 11.3 Å². The molecule has 0 aliphatic carbocycles. The fraction of sp³-hybridized carbons (Fsp3) is 0.370. The van der Waals surface area contributed by atoms with Gasteiger partial charge in [0.05, 0.1) is 33.3 Å². The van der Waals surface area contributed by atoms with E-state index >= 15 is 0 Å². The third kappa shape index (κ3) is 5.03. The predicted molar refractivity (Wildman–Crippen MR) is 140 cm³/mol. The lowest BCUT2D eigenvalue weighted by Crippen LogP contribution is -2.24. The van der Waals surface area contributed by atoms with Crippen molar-refractivity contribution in [2.75, 3.05) is 0 Å². The topological polar surface area (TPSA) is 82.8 Å². The largest absolute Gasteiger partial charge is 0.487 e. The van der Waals surface area contributed by atoms with Crippen molar-refractivity contribution in [2.24, 2.45) is 0 Å². The van der Waals surface area contributed by atoms with E-state index in [-0.39, 0.29) is 11.0 Å². The molecule has 0 aromatic carbocycles. The summed E-state index contributed by atoms with van der Waals surface area (Å²) in [7, 11) is 0. The zero-order chi connectivity index (χ0) is 25.5. The Morgan fingerprint density at radius 2 is 1.69 bits per heavy atom. The van der Waals surface area contributed by atoms with Crippen LogP contribution in [0.1, 0.15) is 59.7 Å². The molecule has 4 heterocycles. The van der Waals surface area contributed by atoms with E-state index in [0.717, 1.165) is 44.7 Å². The first-order valence-corrected chi connectivity index (χ1v) is 12.4. The molecule has 7 nitrogen and oxygen atoms in total. The summed E-state index contributed by atoms with van der Waals surface area (Å²) in [5.74, 6) is 1.32. The molecule has 4 aromatic heterocycles. The summed E-state index contributed by atoms with van der Waals surface area (Å²) in [6.45, 7) is 16.2. The van der Waals surface area contributed by atoms with Crippen LogP contribution in [0.5, 0.6) is 5.75 Å². The summed E-state index contributed by atoms with van der Waals surface area (Å²) < 4.78 is 7.69. The third-order valence-corrected chi connectivity index (χ3v) is 6.65. The molecule has 0 unspecified atom stereocenters. The molecular weight excluding hydrogens is 458 g/mol. The highest BCUT2D eigenvalue weighted by Gasteiger charge is 2.21. The van der Waals surface area contributed by atoms with Gasteiger partial charge in [-0.2, -0.15) is 0 Å². The number of aryl methyl sites for hydroxylation is 4. The van der Waals surface area contributed by atoms with Gasteiger partial charge in [0.1, 0.15) is 18.2 Å². The molecule has 0 fully saturated rings. The molecule has 0 atom stereocenters. The standard InChI is InChI=1S/C27H31N5O2S/c1-15-11-28-21(24-16(2)12-29-26(31-24)27(6,7)8)10-22(15)32-17(3)9-23(18(4)25(32)33)34-13-20-14-35-19(5)30-20/h9-12,14H,13H2,1-8H3. The van der Waals surface area contributed by atoms with Gasteiger partial charge in [-0.05, 0) is 51.8 Å². The first kappa shape index (κ1) is 24.7. The first-order valence-electron chi connectivity index (χ1n) is 11.5. The number of thiazole rings is 1. The minimum atomic E-state index is -0.187. The second-order valence-corrected chi connectivity index (χ2v) is 11.0. The average molecular weight is 490 g/mol. The van der Waals surface area contributed by atoms with Crippen molar-refractivity contribution in [1.29, 1.82) is 0 Å². The zero-order valence-corrected chi connectivity index (χ0v) is 22.4. The highest BCUT2D eigenvalue weighted by molar-refractivity contribution is 7.09. The maximum absolute atomic E-state index is 13.5. The quantitative estimate of drug-likeness (QED) is 0.365. The third-order valence-electron chi connectivity index (χ3n) is 5.83. The lowest BCUT2D eigenvalue weighted by Gasteiger charge is -2.19. The van der Waals surface area contributed by atoms with Crippen LogP contribution in [-0.2, 0) is 12.0 Å². The fourth-order valence-electron chi connectivity index (χ4n) is 3.82. The van der Waals surface area contributed by atoms with E-state index in [1.54, 1.807) is 29.0 Å². The molecule has 0 spiro atoms. The van der Waals surface area contributed by atoms with E-state index in [0.29, 0.717) is 23.6 Å². The molecular formula is C27H31N5O2S. The van der Waals surface area contributed by atoms with Crippen LogP contribution in [0.15, 0.2) is 34.7 Å². The Labute approximate surface area is 209 Å². The summed E-state index contributed by atoms with van der Waals surface area (Å²) in [6.07, 6.45) is 3.63. The normalized spacial score (nSPS) is 11.7. The molecule has 0 bridgehead atoms. The van der Waals surface area contributed by atoms with Crippen LogP contribution in [0.2, 0.25) is 0 Å². The van der Waals surface area contributed by atoms with Gasteiger partial charge < -0.3 is 4.74 Å². The number of ether oxygens (including phenoxy) is 1. The van der Waals surface area contributed by atoms with Crippen LogP contribution in [0, 0.1) is 34.6 Å². The fourth-order valence-corrected chi connectivity index (χ4v) is 4.41. The van der Waals surface area contributed by atoms with Gasteiger partial charge in [-0.25, -0.2) is 15.0 Å². The zero-order valence-electron chi connectivity index (χ0n) is 21.6. The van der Waals surface area contributed by atoms with Crippen molar-refractivity contribution in [3.05, 3.63) is 79.2 Å². The van der Waals surface area contributed by atoms with Crippen molar-refractivity contribution in [3.63, 3.8) is 0 Å². The number of rotatable bonds is 5. The maximum Gasteiger partial charge on any atom is 0.261 e. The number of pyridine rings is 2. The van der Waals surface area contributed by atoms with Crippen molar-refractivity contribution in [2.45, 2.75) is 67.4 Å². The Hall–Kier alpha value is -3.39. The molecule has 0 saturated carbocycles. The Kier molecular flexibility index (Phi) is 6.60.